The number of aromatic amines is 1. The molecule has 0 saturated carbocycles. The summed E-state index contributed by atoms with van der Waals surface area (Å²) < 4.78 is 5.93. The Kier molecular flexibility index (Phi) is 3.93. The van der Waals surface area contributed by atoms with Gasteiger partial charge in [-0.3, -0.25) is 0 Å². The second kappa shape index (κ2) is 5.99. The summed E-state index contributed by atoms with van der Waals surface area (Å²) in [5, 5.41) is 13.0. The molecule has 0 bridgehead atoms. The first kappa shape index (κ1) is 18.3. The molecule has 0 fully saturated rings. The molecule has 0 unspecified atom stereocenters. The first-order chi connectivity index (χ1) is 13.0. The SMILES string of the molecule is CC1(C)Cc2c(c(C(=O)O)cc3[nH]c(Nc4ccccc4C(C)(C)C)nc23)O1. The first-order valence-electron chi connectivity index (χ1n) is 9.40. The van der Waals surface area contributed by atoms with Gasteiger partial charge in [-0.15, -0.1) is 0 Å². The Hall–Kier alpha value is -3.02. The van der Waals surface area contributed by atoms with Gasteiger partial charge >= 0.3 is 5.97 Å². The van der Waals surface area contributed by atoms with Crippen molar-refractivity contribution in [2.75, 3.05) is 5.32 Å². The smallest absolute Gasteiger partial charge is 0.339 e. The summed E-state index contributed by atoms with van der Waals surface area (Å²) in [6.45, 7) is 10.4. The molecule has 0 amide bonds. The molecule has 4 rings (SSSR count). The largest absolute Gasteiger partial charge is 0.486 e. The van der Waals surface area contributed by atoms with E-state index in [0.29, 0.717) is 23.6 Å². The number of benzene rings is 2. The van der Waals surface area contributed by atoms with E-state index < -0.39 is 11.6 Å². The van der Waals surface area contributed by atoms with E-state index in [1.807, 2.05) is 32.0 Å². The summed E-state index contributed by atoms with van der Waals surface area (Å²) in [5.74, 6) is 0.0114. The van der Waals surface area contributed by atoms with Gasteiger partial charge in [0.05, 0.1) is 11.0 Å². The van der Waals surface area contributed by atoms with Crippen LogP contribution in [0.5, 0.6) is 5.75 Å². The molecule has 0 radical (unpaired) electrons. The predicted molar refractivity (Wildman–Crippen MR) is 110 cm³/mol. The van der Waals surface area contributed by atoms with Crippen LogP contribution in [0.3, 0.4) is 0 Å². The molecule has 2 heterocycles. The zero-order chi connectivity index (χ0) is 20.3. The van der Waals surface area contributed by atoms with Crippen molar-refractivity contribution in [1.82, 2.24) is 9.97 Å². The number of aromatic nitrogens is 2. The summed E-state index contributed by atoms with van der Waals surface area (Å²) >= 11 is 0. The van der Waals surface area contributed by atoms with Crippen LogP contribution < -0.4 is 10.1 Å². The molecule has 3 N–H and O–H groups in total. The number of fused-ring (bicyclic) bond motifs is 3. The van der Waals surface area contributed by atoms with Crippen LogP contribution in [0.25, 0.3) is 11.0 Å². The number of hydrogen-bond donors (Lipinski definition) is 3. The Bertz CT molecular complexity index is 1090. The lowest BCUT2D eigenvalue weighted by atomic mass is 9.86. The fraction of sp³-hybridized carbons (Fsp3) is 0.364. The van der Waals surface area contributed by atoms with Crippen LogP contribution in [0.1, 0.15) is 56.1 Å². The van der Waals surface area contributed by atoms with Gasteiger partial charge in [0.15, 0.2) is 0 Å². The summed E-state index contributed by atoms with van der Waals surface area (Å²) in [6, 6.07) is 9.73. The minimum absolute atomic E-state index is 0.0226. The van der Waals surface area contributed by atoms with E-state index in [4.69, 9.17) is 9.72 Å². The van der Waals surface area contributed by atoms with E-state index in [2.05, 4.69) is 37.1 Å². The average Bonchev–Trinajstić information content (AvgIpc) is 3.12. The van der Waals surface area contributed by atoms with Crippen molar-refractivity contribution in [3.63, 3.8) is 0 Å². The number of imidazole rings is 1. The molecule has 6 nitrogen and oxygen atoms in total. The predicted octanol–water partition coefficient (Wildman–Crippen LogP) is 5.02. The quantitative estimate of drug-likeness (QED) is 0.595. The van der Waals surface area contributed by atoms with Gasteiger partial charge in [0.25, 0.3) is 0 Å². The fourth-order valence-corrected chi connectivity index (χ4v) is 3.81. The van der Waals surface area contributed by atoms with Crippen molar-refractivity contribution in [1.29, 1.82) is 0 Å². The molecule has 1 aromatic heterocycles. The number of para-hydroxylation sites is 1. The van der Waals surface area contributed by atoms with E-state index in [1.54, 1.807) is 6.07 Å². The van der Waals surface area contributed by atoms with E-state index in [0.717, 1.165) is 16.8 Å². The minimum atomic E-state index is -1.00. The van der Waals surface area contributed by atoms with Gasteiger partial charge in [0, 0.05) is 17.7 Å². The number of ether oxygens (including phenoxy) is 1. The van der Waals surface area contributed by atoms with E-state index in [9.17, 15) is 9.90 Å². The highest BCUT2D eigenvalue weighted by Gasteiger charge is 2.36. The number of anilines is 2. The minimum Gasteiger partial charge on any atom is -0.486 e. The molecule has 146 valence electrons. The number of hydrogen-bond acceptors (Lipinski definition) is 4. The molecule has 0 atom stereocenters. The molecule has 0 spiro atoms. The Morgan fingerprint density at radius 1 is 1.29 bits per heavy atom. The molecule has 28 heavy (non-hydrogen) atoms. The van der Waals surface area contributed by atoms with Crippen molar-refractivity contribution in [3.05, 3.63) is 47.0 Å². The highest BCUT2D eigenvalue weighted by Crippen LogP contribution is 2.42. The Balaban J connectivity index is 1.82. The topological polar surface area (TPSA) is 87.2 Å². The average molecular weight is 379 g/mol. The summed E-state index contributed by atoms with van der Waals surface area (Å²) in [6.07, 6.45) is 0.614. The summed E-state index contributed by atoms with van der Waals surface area (Å²) in [5.41, 5.74) is 4.12. The van der Waals surface area contributed by atoms with Crippen molar-refractivity contribution in [3.8, 4) is 5.75 Å². The molecule has 3 aromatic rings. The molecular formula is C22H25N3O3. The fourth-order valence-electron chi connectivity index (χ4n) is 3.81. The molecule has 6 heteroatoms. The number of H-pyrrole nitrogens is 1. The lowest BCUT2D eigenvalue weighted by Gasteiger charge is -2.22. The van der Waals surface area contributed by atoms with Crippen LogP contribution in [0, 0.1) is 0 Å². The van der Waals surface area contributed by atoms with Crippen LogP contribution in [-0.4, -0.2) is 26.6 Å². The molecule has 0 saturated heterocycles. The second-order valence-corrected chi connectivity index (χ2v) is 8.98. The van der Waals surface area contributed by atoms with Gasteiger partial charge in [0.2, 0.25) is 5.95 Å². The van der Waals surface area contributed by atoms with E-state index >= 15 is 0 Å². The van der Waals surface area contributed by atoms with Crippen LogP contribution in [0.15, 0.2) is 30.3 Å². The van der Waals surface area contributed by atoms with Crippen LogP contribution >= 0.6 is 0 Å². The zero-order valence-corrected chi connectivity index (χ0v) is 16.8. The number of aromatic carboxylic acids is 1. The number of rotatable bonds is 3. The lowest BCUT2D eigenvalue weighted by molar-refractivity contribution is 0.0685. The number of carboxylic acids is 1. The summed E-state index contributed by atoms with van der Waals surface area (Å²) in [7, 11) is 0. The molecule has 1 aliphatic heterocycles. The first-order valence-corrected chi connectivity index (χ1v) is 9.40. The third-order valence-corrected chi connectivity index (χ3v) is 5.02. The third kappa shape index (κ3) is 3.09. The highest BCUT2D eigenvalue weighted by molar-refractivity contribution is 5.98. The van der Waals surface area contributed by atoms with E-state index in [1.165, 1.54) is 5.56 Å². The van der Waals surface area contributed by atoms with Crippen molar-refractivity contribution < 1.29 is 14.6 Å². The maximum Gasteiger partial charge on any atom is 0.339 e. The van der Waals surface area contributed by atoms with Crippen LogP contribution in [0.2, 0.25) is 0 Å². The van der Waals surface area contributed by atoms with Gasteiger partial charge in [-0.25, -0.2) is 9.78 Å². The maximum atomic E-state index is 11.7. The Morgan fingerprint density at radius 3 is 2.68 bits per heavy atom. The maximum absolute atomic E-state index is 11.7. The number of nitrogens with zero attached hydrogens (tertiary/aromatic N) is 1. The Morgan fingerprint density at radius 2 is 2.00 bits per heavy atom. The van der Waals surface area contributed by atoms with Gasteiger partial charge in [-0.05, 0) is 37.0 Å². The molecule has 0 aliphatic carbocycles. The Labute approximate surface area is 163 Å². The van der Waals surface area contributed by atoms with Gasteiger partial charge in [0.1, 0.15) is 16.9 Å². The number of nitrogens with one attached hydrogen (secondary N) is 2. The monoisotopic (exact) mass is 379 g/mol. The second-order valence-electron chi connectivity index (χ2n) is 8.98. The van der Waals surface area contributed by atoms with Crippen molar-refractivity contribution >= 4 is 28.6 Å². The molecule has 1 aliphatic rings. The normalized spacial score (nSPS) is 15.3. The van der Waals surface area contributed by atoms with Crippen molar-refractivity contribution in [2.24, 2.45) is 0 Å². The van der Waals surface area contributed by atoms with Crippen LogP contribution in [-0.2, 0) is 11.8 Å². The summed E-state index contributed by atoms with van der Waals surface area (Å²) in [4.78, 5) is 19.7. The van der Waals surface area contributed by atoms with Gasteiger partial charge < -0.3 is 20.1 Å². The number of carboxylic acid groups (broad SMARTS) is 1. The van der Waals surface area contributed by atoms with Gasteiger partial charge in [-0.1, -0.05) is 39.0 Å². The lowest BCUT2D eigenvalue weighted by Crippen LogP contribution is -2.25. The number of carbonyl (C=O) groups is 1. The van der Waals surface area contributed by atoms with Gasteiger partial charge in [-0.2, -0.15) is 0 Å². The zero-order valence-electron chi connectivity index (χ0n) is 16.8. The van der Waals surface area contributed by atoms with E-state index in [-0.39, 0.29) is 11.0 Å². The molecule has 2 aromatic carbocycles. The van der Waals surface area contributed by atoms with Crippen LogP contribution in [0.4, 0.5) is 11.6 Å². The standard InChI is InChI=1S/C22H25N3O3/c1-21(2,3)14-8-6-7-9-15(14)23-20-24-16-10-12(19(26)27)18-13(17(16)25-20)11-22(4,5)28-18/h6-10H,11H2,1-5H3,(H,26,27)(H2,23,24,25). The van der Waals surface area contributed by atoms with Crippen molar-refractivity contribution in [2.45, 2.75) is 52.1 Å². The highest BCUT2D eigenvalue weighted by atomic mass is 16.5. The third-order valence-electron chi connectivity index (χ3n) is 5.02. The molecular weight excluding hydrogens is 354 g/mol.